The quantitative estimate of drug-likeness (QED) is 0.482. The largest absolute Gasteiger partial charge is 0.395 e. The van der Waals surface area contributed by atoms with Gasteiger partial charge < -0.3 is 5.11 Å². The van der Waals surface area contributed by atoms with Crippen LogP contribution in [0.2, 0.25) is 0 Å². The summed E-state index contributed by atoms with van der Waals surface area (Å²) >= 11 is 4.22. The van der Waals surface area contributed by atoms with Crippen molar-refractivity contribution >= 4 is 12.6 Å². The zero-order chi connectivity index (χ0) is 11.6. The maximum Gasteiger partial charge on any atom is 0.0558 e. The van der Waals surface area contributed by atoms with Gasteiger partial charge in [0.1, 0.15) is 0 Å². The monoisotopic (exact) mass is 245 g/mol. The molecule has 0 heterocycles. The molecule has 1 saturated carbocycles. The van der Waals surface area contributed by atoms with Crippen LogP contribution in [0.5, 0.6) is 0 Å². The van der Waals surface area contributed by atoms with Crippen LogP contribution in [0.1, 0.15) is 51.4 Å². The Morgan fingerprint density at radius 2 is 1.69 bits per heavy atom. The molecule has 2 nitrogen and oxygen atoms in total. The second-order valence-electron chi connectivity index (χ2n) is 4.84. The van der Waals surface area contributed by atoms with Gasteiger partial charge in [0, 0.05) is 12.6 Å². The molecular weight excluding hydrogens is 218 g/mol. The van der Waals surface area contributed by atoms with Crippen molar-refractivity contribution in [3.63, 3.8) is 0 Å². The highest BCUT2D eigenvalue weighted by atomic mass is 32.1. The summed E-state index contributed by atoms with van der Waals surface area (Å²) in [5.41, 5.74) is 0. The Morgan fingerprint density at radius 1 is 1.00 bits per heavy atom. The van der Waals surface area contributed by atoms with Crippen molar-refractivity contribution in [1.82, 2.24) is 4.90 Å². The van der Waals surface area contributed by atoms with Crippen molar-refractivity contribution < 1.29 is 5.11 Å². The number of thiol groups is 1. The minimum Gasteiger partial charge on any atom is -0.395 e. The summed E-state index contributed by atoms with van der Waals surface area (Å²) in [4.78, 5) is 2.51. The van der Waals surface area contributed by atoms with Gasteiger partial charge in [-0.3, -0.25) is 4.90 Å². The first-order chi connectivity index (χ1) is 7.88. The smallest absolute Gasteiger partial charge is 0.0558 e. The lowest BCUT2D eigenvalue weighted by Gasteiger charge is -2.28. The van der Waals surface area contributed by atoms with Crippen molar-refractivity contribution in [1.29, 1.82) is 0 Å². The molecule has 0 saturated heterocycles. The van der Waals surface area contributed by atoms with E-state index < -0.39 is 0 Å². The van der Waals surface area contributed by atoms with E-state index in [9.17, 15) is 0 Å². The summed E-state index contributed by atoms with van der Waals surface area (Å²) < 4.78 is 0. The highest BCUT2D eigenvalue weighted by Gasteiger charge is 2.21. The van der Waals surface area contributed by atoms with E-state index in [0.717, 1.165) is 18.3 Å². The summed E-state index contributed by atoms with van der Waals surface area (Å²) in [6, 6.07) is 0.761. The predicted octanol–water partition coefficient (Wildman–Crippen LogP) is 2.71. The minimum atomic E-state index is 0.313. The molecule has 16 heavy (non-hydrogen) atoms. The molecule has 1 fully saturated rings. The van der Waals surface area contributed by atoms with Crippen LogP contribution in [0.25, 0.3) is 0 Å². The zero-order valence-electron chi connectivity index (χ0n) is 10.4. The number of nitrogens with zero attached hydrogens (tertiary/aromatic N) is 1. The van der Waals surface area contributed by atoms with E-state index in [4.69, 9.17) is 5.11 Å². The molecule has 0 aliphatic heterocycles. The first-order valence-corrected chi connectivity index (χ1v) is 7.47. The molecule has 1 aliphatic carbocycles. The van der Waals surface area contributed by atoms with Crippen LogP contribution in [0.15, 0.2) is 0 Å². The molecule has 0 amide bonds. The normalized spacial score (nSPS) is 17.4. The van der Waals surface area contributed by atoms with E-state index in [-0.39, 0.29) is 0 Å². The van der Waals surface area contributed by atoms with Crippen LogP contribution in [-0.4, -0.2) is 41.5 Å². The van der Waals surface area contributed by atoms with E-state index in [1.165, 1.54) is 57.9 Å². The van der Waals surface area contributed by atoms with Gasteiger partial charge in [0.25, 0.3) is 0 Å². The molecule has 0 aromatic rings. The first kappa shape index (κ1) is 14.3. The van der Waals surface area contributed by atoms with Crippen LogP contribution in [0, 0.1) is 0 Å². The molecule has 0 radical (unpaired) electrons. The van der Waals surface area contributed by atoms with Crippen molar-refractivity contribution in [2.24, 2.45) is 0 Å². The lowest BCUT2D eigenvalue weighted by atomic mass is 10.1. The fraction of sp³-hybridized carbons (Fsp3) is 1.00. The Morgan fingerprint density at radius 3 is 2.31 bits per heavy atom. The molecule has 0 aromatic carbocycles. The fourth-order valence-electron chi connectivity index (χ4n) is 2.66. The summed E-state index contributed by atoms with van der Waals surface area (Å²) in [6.07, 6.45) is 10.6. The predicted molar refractivity (Wildman–Crippen MR) is 73.2 cm³/mol. The third-order valence-corrected chi connectivity index (χ3v) is 3.90. The summed E-state index contributed by atoms with van der Waals surface area (Å²) in [7, 11) is 0. The summed E-state index contributed by atoms with van der Waals surface area (Å²) in [5, 5.41) is 9.09. The standard InChI is InChI=1S/C13H27NOS/c15-11-10-14(13-7-3-4-8-13)9-5-1-2-6-12-16/h13,15-16H,1-12H2. The van der Waals surface area contributed by atoms with E-state index in [2.05, 4.69) is 17.5 Å². The second kappa shape index (κ2) is 9.32. The Balaban J connectivity index is 2.12. The zero-order valence-corrected chi connectivity index (χ0v) is 11.3. The van der Waals surface area contributed by atoms with Gasteiger partial charge in [-0.15, -0.1) is 0 Å². The first-order valence-electron chi connectivity index (χ1n) is 6.84. The Labute approximate surface area is 106 Å². The van der Waals surface area contributed by atoms with E-state index in [0.29, 0.717) is 6.61 Å². The highest BCUT2D eigenvalue weighted by molar-refractivity contribution is 7.80. The van der Waals surface area contributed by atoms with Gasteiger partial charge in [-0.05, 0) is 38.0 Å². The Hall–Kier alpha value is 0.270. The van der Waals surface area contributed by atoms with Gasteiger partial charge in [-0.2, -0.15) is 12.6 Å². The fourth-order valence-corrected chi connectivity index (χ4v) is 2.88. The molecule has 96 valence electrons. The number of hydrogen-bond donors (Lipinski definition) is 2. The van der Waals surface area contributed by atoms with Crippen molar-refractivity contribution in [3.8, 4) is 0 Å². The number of unbranched alkanes of at least 4 members (excludes halogenated alkanes) is 3. The number of aliphatic hydroxyl groups excluding tert-OH is 1. The van der Waals surface area contributed by atoms with Crippen molar-refractivity contribution in [2.45, 2.75) is 57.4 Å². The van der Waals surface area contributed by atoms with E-state index >= 15 is 0 Å². The summed E-state index contributed by atoms with van der Waals surface area (Å²) in [5.74, 6) is 1.02. The lowest BCUT2D eigenvalue weighted by Crippen LogP contribution is -2.36. The van der Waals surface area contributed by atoms with Gasteiger partial charge >= 0.3 is 0 Å². The molecule has 3 heteroatoms. The average Bonchev–Trinajstić information content (AvgIpc) is 2.81. The van der Waals surface area contributed by atoms with Crippen LogP contribution in [-0.2, 0) is 0 Å². The SMILES string of the molecule is OCCN(CCCCCCS)C1CCCC1. The average molecular weight is 245 g/mol. The number of rotatable bonds is 9. The second-order valence-corrected chi connectivity index (χ2v) is 5.28. The molecule has 0 bridgehead atoms. The molecule has 1 N–H and O–H groups in total. The van der Waals surface area contributed by atoms with Crippen LogP contribution in [0.3, 0.4) is 0 Å². The molecule has 0 unspecified atom stereocenters. The van der Waals surface area contributed by atoms with Crippen LogP contribution < -0.4 is 0 Å². The van der Waals surface area contributed by atoms with E-state index in [1.807, 2.05) is 0 Å². The molecular formula is C13H27NOS. The van der Waals surface area contributed by atoms with Gasteiger partial charge in [0.05, 0.1) is 6.61 Å². The molecule has 0 aromatic heterocycles. The third-order valence-electron chi connectivity index (χ3n) is 3.58. The Kier molecular flexibility index (Phi) is 8.34. The van der Waals surface area contributed by atoms with Gasteiger partial charge in [0.2, 0.25) is 0 Å². The van der Waals surface area contributed by atoms with Crippen LogP contribution >= 0.6 is 12.6 Å². The highest BCUT2D eigenvalue weighted by Crippen LogP contribution is 2.23. The topological polar surface area (TPSA) is 23.5 Å². The van der Waals surface area contributed by atoms with Crippen molar-refractivity contribution in [3.05, 3.63) is 0 Å². The van der Waals surface area contributed by atoms with Gasteiger partial charge in [0.15, 0.2) is 0 Å². The lowest BCUT2D eigenvalue weighted by molar-refractivity contribution is 0.149. The Bertz CT molecular complexity index is 160. The molecule has 0 spiro atoms. The maximum atomic E-state index is 9.09. The third kappa shape index (κ3) is 5.55. The van der Waals surface area contributed by atoms with Gasteiger partial charge in [-0.1, -0.05) is 25.7 Å². The summed E-state index contributed by atoms with van der Waals surface area (Å²) in [6.45, 7) is 2.36. The molecule has 1 aliphatic rings. The minimum absolute atomic E-state index is 0.313. The number of hydrogen-bond acceptors (Lipinski definition) is 3. The van der Waals surface area contributed by atoms with E-state index in [1.54, 1.807) is 0 Å². The number of aliphatic hydroxyl groups is 1. The van der Waals surface area contributed by atoms with Crippen LogP contribution in [0.4, 0.5) is 0 Å². The molecule has 0 atom stereocenters. The molecule has 1 rings (SSSR count). The van der Waals surface area contributed by atoms with Gasteiger partial charge in [-0.25, -0.2) is 0 Å². The van der Waals surface area contributed by atoms with Crippen molar-refractivity contribution in [2.75, 3.05) is 25.4 Å². The maximum absolute atomic E-state index is 9.09.